The summed E-state index contributed by atoms with van der Waals surface area (Å²) in [4.78, 5) is 25.2. The Morgan fingerprint density at radius 3 is 2.54 bits per heavy atom. The fraction of sp³-hybridized carbons (Fsp3) is 0.250. The minimum atomic E-state index is -0.435. The Kier molecular flexibility index (Phi) is 5.41. The molecule has 0 unspecified atom stereocenters. The molecule has 5 nitrogen and oxygen atoms in total. The highest BCUT2D eigenvalue weighted by atomic mass is 19.1. The molecule has 1 aromatic heterocycles. The first-order chi connectivity index (χ1) is 12.6. The normalized spacial score (nSPS) is 10.8. The molecular formula is C20H20FN3O2. The molecule has 26 heavy (non-hydrogen) atoms. The lowest BCUT2D eigenvalue weighted by molar-refractivity contribution is 0.0945. The standard InChI is InChI=1S/C20H20FN3O2/c1-2-3-12-24-20(26)16-10-6-5-9-15(16)18(23-24)19(25)22-13-14-8-4-7-11-17(14)21/h4-11H,2-3,12-13H2,1H3,(H,22,25). The summed E-state index contributed by atoms with van der Waals surface area (Å²) in [6.45, 7) is 2.53. The predicted molar refractivity (Wildman–Crippen MR) is 98.5 cm³/mol. The molecule has 0 aliphatic carbocycles. The van der Waals surface area contributed by atoms with Gasteiger partial charge in [0.15, 0.2) is 5.69 Å². The van der Waals surface area contributed by atoms with Crippen LogP contribution in [0.25, 0.3) is 10.8 Å². The number of halogens is 1. The van der Waals surface area contributed by atoms with Gasteiger partial charge < -0.3 is 5.32 Å². The average molecular weight is 353 g/mol. The highest BCUT2D eigenvalue weighted by Crippen LogP contribution is 2.14. The molecule has 0 saturated carbocycles. The molecule has 0 fully saturated rings. The second-order valence-corrected chi connectivity index (χ2v) is 6.05. The molecule has 0 aliphatic rings. The number of hydrogen-bond acceptors (Lipinski definition) is 3. The van der Waals surface area contributed by atoms with E-state index in [1.807, 2.05) is 6.92 Å². The first-order valence-electron chi connectivity index (χ1n) is 8.63. The minimum Gasteiger partial charge on any atom is -0.346 e. The lowest BCUT2D eigenvalue weighted by atomic mass is 10.1. The van der Waals surface area contributed by atoms with E-state index in [1.54, 1.807) is 42.5 Å². The largest absolute Gasteiger partial charge is 0.346 e. The maximum Gasteiger partial charge on any atom is 0.274 e. The van der Waals surface area contributed by atoms with Crippen LogP contribution in [0.15, 0.2) is 53.3 Å². The number of nitrogens with zero attached hydrogens (tertiary/aromatic N) is 2. The Balaban J connectivity index is 1.95. The van der Waals surface area contributed by atoms with Crippen molar-refractivity contribution in [1.29, 1.82) is 0 Å². The van der Waals surface area contributed by atoms with Crippen LogP contribution in [0, 0.1) is 5.82 Å². The fourth-order valence-electron chi connectivity index (χ4n) is 2.76. The van der Waals surface area contributed by atoms with Crippen LogP contribution in [-0.4, -0.2) is 15.7 Å². The van der Waals surface area contributed by atoms with Crippen molar-refractivity contribution < 1.29 is 9.18 Å². The number of benzene rings is 2. The Labute approximate surface area is 150 Å². The van der Waals surface area contributed by atoms with Gasteiger partial charge in [-0.05, 0) is 18.6 Å². The first-order valence-corrected chi connectivity index (χ1v) is 8.63. The maximum absolute atomic E-state index is 13.7. The van der Waals surface area contributed by atoms with E-state index in [9.17, 15) is 14.0 Å². The van der Waals surface area contributed by atoms with Gasteiger partial charge in [-0.1, -0.05) is 49.7 Å². The molecule has 6 heteroatoms. The van der Waals surface area contributed by atoms with Crippen molar-refractivity contribution in [2.24, 2.45) is 0 Å². The van der Waals surface area contributed by atoms with Gasteiger partial charge in [0.25, 0.3) is 11.5 Å². The van der Waals surface area contributed by atoms with E-state index in [0.717, 1.165) is 12.8 Å². The van der Waals surface area contributed by atoms with E-state index in [0.29, 0.717) is 22.9 Å². The molecule has 3 aromatic rings. The van der Waals surface area contributed by atoms with Crippen molar-refractivity contribution in [3.63, 3.8) is 0 Å². The summed E-state index contributed by atoms with van der Waals surface area (Å²) in [6, 6.07) is 13.2. The van der Waals surface area contributed by atoms with Crippen LogP contribution < -0.4 is 10.9 Å². The average Bonchev–Trinajstić information content (AvgIpc) is 2.67. The van der Waals surface area contributed by atoms with Crippen LogP contribution >= 0.6 is 0 Å². The number of carbonyl (C=O) groups excluding carboxylic acids is 1. The molecule has 0 aliphatic heterocycles. The molecule has 3 rings (SSSR count). The summed E-state index contributed by atoms with van der Waals surface area (Å²) in [5.41, 5.74) is 0.358. The molecule has 1 heterocycles. The molecule has 134 valence electrons. The van der Waals surface area contributed by atoms with Crippen LogP contribution in [0.2, 0.25) is 0 Å². The monoisotopic (exact) mass is 353 g/mol. The third-order valence-corrected chi connectivity index (χ3v) is 4.20. The van der Waals surface area contributed by atoms with Gasteiger partial charge in [-0.25, -0.2) is 9.07 Å². The third kappa shape index (κ3) is 3.64. The Morgan fingerprint density at radius 1 is 1.12 bits per heavy atom. The highest BCUT2D eigenvalue weighted by Gasteiger charge is 2.16. The molecule has 0 radical (unpaired) electrons. The Hall–Kier alpha value is -3.02. The van der Waals surface area contributed by atoms with Crippen LogP contribution in [0.1, 0.15) is 35.8 Å². The van der Waals surface area contributed by atoms with Gasteiger partial charge >= 0.3 is 0 Å². The number of amides is 1. The molecule has 1 amide bonds. The van der Waals surface area contributed by atoms with Gasteiger partial charge in [0.2, 0.25) is 0 Å². The van der Waals surface area contributed by atoms with Gasteiger partial charge in [-0.15, -0.1) is 0 Å². The number of fused-ring (bicyclic) bond motifs is 1. The highest BCUT2D eigenvalue weighted by molar-refractivity contribution is 6.04. The molecule has 0 bridgehead atoms. The van der Waals surface area contributed by atoms with Crippen molar-refractivity contribution >= 4 is 16.7 Å². The van der Waals surface area contributed by atoms with E-state index in [2.05, 4.69) is 10.4 Å². The topological polar surface area (TPSA) is 64.0 Å². The second-order valence-electron chi connectivity index (χ2n) is 6.05. The predicted octanol–water partition coefficient (Wildman–Crippen LogP) is 3.27. The van der Waals surface area contributed by atoms with E-state index in [-0.39, 0.29) is 23.6 Å². The van der Waals surface area contributed by atoms with E-state index < -0.39 is 5.91 Å². The number of aryl methyl sites for hydroxylation is 1. The maximum atomic E-state index is 13.7. The molecular weight excluding hydrogens is 333 g/mol. The number of rotatable bonds is 6. The number of hydrogen-bond donors (Lipinski definition) is 1. The van der Waals surface area contributed by atoms with Crippen LogP contribution in [0.4, 0.5) is 4.39 Å². The van der Waals surface area contributed by atoms with Gasteiger partial charge in [0.1, 0.15) is 5.82 Å². The van der Waals surface area contributed by atoms with Crippen molar-refractivity contribution in [1.82, 2.24) is 15.1 Å². The zero-order valence-electron chi connectivity index (χ0n) is 14.5. The van der Waals surface area contributed by atoms with Gasteiger partial charge in [-0.3, -0.25) is 9.59 Å². The van der Waals surface area contributed by atoms with Crippen LogP contribution in [0.5, 0.6) is 0 Å². The van der Waals surface area contributed by atoms with Crippen molar-refractivity contribution in [2.75, 3.05) is 0 Å². The Bertz CT molecular complexity index is 998. The molecule has 0 atom stereocenters. The van der Waals surface area contributed by atoms with E-state index in [4.69, 9.17) is 0 Å². The van der Waals surface area contributed by atoms with Crippen molar-refractivity contribution in [2.45, 2.75) is 32.9 Å². The fourth-order valence-corrected chi connectivity index (χ4v) is 2.76. The quantitative estimate of drug-likeness (QED) is 0.740. The summed E-state index contributed by atoms with van der Waals surface area (Å²) < 4.78 is 15.1. The van der Waals surface area contributed by atoms with E-state index in [1.165, 1.54) is 10.7 Å². The summed E-state index contributed by atoms with van der Waals surface area (Å²) in [5, 5.41) is 7.92. The zero-order chi connectivity index (χ0) is 18.5. The lowest BCUT2D eigenvalue weighted by Crippen LogP contribution is -2.30. The molecule has 2 aromatic carbocycles. The van der Waals surface area contributed by atoms with Crippen LogP contribution in [-0.2, 0) is 13.1 Å². The smallest absolute Gasteiger partial charge is 0.274 e. The minimum absolute atomic E-state index is 0.0512. The number of nitrogens with one attached hydrogen (secondary N) is 1. The number of carbonyl (C=O) groups is 1. The molecule has 1 N–H and O–H groups in total. The van der Waals surface area contributed by atoms with E-state index >= 15 is 0 Å². The first kappa shape index (κ1) is 17.8. The van der Waals surface area contributed by atoms with Gasteiger partial charge in [0.05, 0.1) is 5.39 Å². The van der Waals surface area contributed by atoms with Gasteiger partial charge in [0, 0.05) is 24.0 Å². The molecule has 0 spiro atoms. The third-order valence-electron chi connectivity index (χ3n) is 4.20. The Morgan fingerprint density at radius 2 is 1.81 bits per heavy atom. The van der Waals surface area contributed by atoms with Crippen molar-refractivity contribution in [3.8, 4) is 0 Å². The summed E-state index contributed by atoms with van der Waals surface area (Å²) >= 11 is 0. The second kappa shape index (κ2) is 7.91. The number of aromatic nitrogens is 2. The summed E-state index contributed by atoms with van der Waals surface area (Å²) in [7, 11) is 0. The number of unbranched alkanes of at least 4 members (excludes halogenated alkanes) is 1. The lowest BCUT2D eigenvalue weighted by Gasteiger charge is -2.11. The zero-order valence-corrected chi connectivity index (χ0v) is 14.5. The summed E-state index contributed by atoms with van der Waals surface area (Å²) in [6.07, 6.45) is 1.71. The summed E-state index contributed by atoms with van der Waals surface area (Å²) in [5.74, 6) is -0.812. The van der Waals surface area contributed by atoms with Gasteiger partial charge in [-0.2, -0.15) is 5.10 Å². The van der Waals surface area contributed by atoms with Crippen molar-refractivity contribution in [3.05, 3.63) is 76.0 Å². The van der Waals surface area contributed by atoms with Crippen LogP contribution in [0.3, 0.4) is 0 Å². The molecule has 0 saturated heterocycles. The SMILES string of the molecule is CCCCn1nc(C(=O)NCc2ccccc2F)c2ccccc2c1=O.